The Balaban J connectivity index is 1.34. The van der Waals surface area contributed by atoms with E-state index >= 15 is 0 Å². The number of carbonyl (C=O) groups excluding carboxylic acids is 1. The second kappa shape index (κ2) is 8.79. The summed E-state index contributed by atoms with van der Waals surface area (Å²) in [6, 6.07) is 11.8. The van der Waals surface area contributed by atoms with Gasteiger partial charge in [0.25, 0.3) is 5.91 Å². The number of rotatable bonds is 5. The van der Waals surface area contributed by atoms with E-state index in [1.807, 2.05) is 29.2 Å². The first-order chi connectivity index (χ1) is 14.2. The van der Waals surface area contributed by atoms with Crippen molar-refractivity contribution >= 4 is 5.91 Å². The molecule has 1 aliphatic rings. The molecule has 0 saturated carbocycles. The first-order valence-corrected chi connectivity index (χ1v) is 9.60. The quantitative estimate of drug-likeness (QED) is 0.668. The van der Waals surface area contributed by atoms with Crippen molar-refractivity contribution in [2.24, 2.45) is 0 Å². The van der Waals surface area contributed by atoms with Gasteiger partial charge in [-0.1, -0.05) is 12.1 Å². The summed E-state index contributed by atoms with van der Waals surface area (Å²) in [7, 11) is 1.68. The zero-order valence-electron chi connectivity index (χ0n) is 16.4. The molecule has 7 heteroatoms. The van der Waals surface area contributed by atoms with Gasteiger partial charge in [0, 0.05) is 63.1 Å². The smallest absolute Gasteiger partial charge is 0.257 e. The SMILES string of the molecule is COc1cccc(CN2CCN(C(=O)c3cnc(-c4cccnc4)nc3)CC2)c1. The molecule has 7 nitrogen and oxygen atoms in total. The predicted molar refractivity (Wildman–Crippen MR) is 109 cm³/mol. The summed E-state index contributed by atoms with van der Waals surface area (Å²) in [5.41, 5.74) is 2.56. The normalized spacial score (nSPS) is 14.6. The number of carbonyl (C=O) groups is 1. The molecule has 0 bridgehead atoms. The Morgan fingerprint density at radius 1 is 1.03 bits per heavy atom. The maximum absolute atomic E-state index is 12.8. The first kappa shape index (κ1) is 19.0. The van der Waals surface area contributed by atoms with Gasteiger partial charge < -0.3 is 9.64 Å². The molecule has 1 saturated heterocycles. The van der Waals surface area contributed by atoms with Crippen LogP contribution in [0.2, 0.25) is 0 Å². The third-order valence-corrected chi connectivity index (χ3v) is 5.02. The molecule has 1 amide bonds. The molecule has 3 heterocycles. The zero-order chi connectivity index (χ0) is 20.1. The lowest BCUT2D eigenvalue weighted by Crippen LogP contribution is -2.48. The summed E-state index contributed by atoms with van der Waals surface area (Å²) < 4.78 is 5.29. The van der Waals surface area contributed by atoms with Gasteiger partial charge in [0.2, 0.25) is 0 Å². The van der Waals surface area contributed by atoms with Crippen molar-refractivity contribution in [1.29, 1.82) is 0 Å². The number of hydrogen-bond donors (Lipinski definition) is 0. The standard InChI is InChI=1S/C22H23N5O2/c1-29-20-6-2-4-17(12-20)16-26-8-10-27(11-9-26)22(28)19-14-24-21(25-15-19)18-5-3-7-23-13-18/h2-7,12-15H,8-11,16H2,1H3. The zero-order valence-corrected chi connectivity index (χ0v) is 16.4. The summed E-state index contributed by atoms with van der Waals surface area (Å²) >= 11 is 0. The Kier molecular flexibility index (Phi) is 5.76. The summed E-state index contributed by atoms with van der Waals surface area (Å²) in [5, 5.41) is 0. The van der Waals surface area contributed by atoms with Crippen LogP contribution in [-0.4, -0.2) is 63.9 Å². The fourth-order valence-corrected chi connectivity index (χ4v) is 3.40. The Morgan fingerprint density at radius 2 is 1.83 bits per heavy atom. The molecule has 2 aromatic heterocycles. The molecule has 0 spiro atoms. The van der Waals surface area contributed by atoms with E-state index in [-0.39, 0.29) is 5.91 Å². The highest BCUT2D eigenvalue weighted by molar-refractivity contribution is 5.93. The average Bonchev–Trinajstić information content (AvgIpc) is 2.80. The van der Waals surface area contributed by atoms with E-state index in [0.29, 0.717) is 24.5 Å². The van der Waals surface area contributed by atoms with Gasteiger partial charge in [0.05, 0.1) is 12.7 Å². The van der Waals surface area contributed by atoms with Crippen LogP contribution in [0.5, 0.6) is 5.75 Å². The van der Waals surface area contributed by atoms with Crippen LogP contribution in [0.15, 0.2) is 61.2 Å². The second-order valence-corrected chi connectivity index (χ2v) is 6.96. The molecule has 0 aliphatic carbocycles. The molecule has 1 fully saturated rings. The Morgan fingerprint density at radius 3 is 2.52 bits per heavy atom. The maximum atomic E-state index is 12.8. The number of aromatic nitrogens is 3. The topological polar surface area (TPSA) is 71.5 Å². The third kappa shape index (κ3) is 4.57. The van der Waals surface area contributed by atoms with Crippen molar-refractivity contribution < 1.29 is 9.53 Å². The highest BCUT2D eigenvalue weighted by atomic mass is 16.5. The van der Waals surface area contributed by atoms with Crippen LogP contribution in [0, 0.1) is 0 Å². The number of amides is 1. The van der Waals surface area contributed by atoms with Crippen LogP contribution >= 0.6 is 0 Å². The largest absolute Gasteiger partial charge is 0.497 e. The number of methoxy groups -OCH3 is 1. The van der Waals surface area contributed by atoms with Crippen LogP contribution in [0.1, 0.15) is 15.9 Å². The van der Waals surface area contributed by atoms with Crippen molar-refractivity contribution in [3.8, 4) is 17.1 Å². The number of nitrogens with zero attached hydrogens (tertiary/aromatic N) is 5. The average molecular weight is 389 g/mol. The number of pyridine rings is 1. The minimum absolute atomic E-state index is 0.0243. The molecule has 0 N–H and O–H groups in total. The van der Waals surface area contributed by atoms with Crippen LogP contribution in [0.3, 0.4) is 0 Å². The molecule has 4 rings (SSSR count). The molecule has 1 aliphatic heterocycles. The van der Waals surface area contributed by atoms with Crippen LogP contribution in [0.25, 0.3) is 11.4 Å². The van der Waals surface area contributed by atoms with Gasteiger partial charge in [-0.25, -0.2) is 9.97 Å². The molecule has 0 unspecified atom stereocenters. The molecule has 148 valence electrons. The van der Waals surface area contributed by atoms with E-state index in [0.717, 1.165) is 30.9 Å². The van der Waals surface area contributed by atoms with E-state index in [2.05, 4.69) is 32.0 Å². The van der Waals surface area contributed by atoms with Crippen molar-refractivity contribution in [2.75, 3.05) is 33.3 Å². The second-order valence-electron chi connectivity index (χ2n) is 6.96. The van der Waals surface area contributed by atoms with Gasteiger partial charge in [-0.15, -0.1) is 0 Å². The lowest BCUT2D eigenvalue weighted by molar-refractivity contribution is 0.0627. The Bertz CT molecular complexity index is 954. The summed E-state index contributed by atoms with van der Waals surface area (Å²) in [5.74, 6) is 1.41. The number of benzene rings is 1. The van der Waals surface area contributed by atoms with Gasteiger partial charge in [0.15, 0.2) is 5.82 Å². The summed E-state index contributed by atoms with van der Waals surface area (Å²) in [6.07, 6.45) is 6.61. The van der Waals surface area contributed by atoms with E-state index in [1.54, 1.807) is 31.9 Å². The van der Waals surface area contributed by atoms with E-state index < -0.39 is 0 Å². The minimum Gasteiger partial charge on any atom is -0.497 e. The number of hydrogen-bond acceptors (Lipinski definition) is 6. The Labute approximate surface area is 170 Å². The summed E-state index contributed by atoms with van der Waals surface area (Å²) in [4.78, 5) is 29.7. The molecular formula is C22H23N5O2. The predicted octanol–water partition coefficient (Wildman–Crippen LogP) is 2.51. The van der Waals surface area contributed by atoms with Crippen LogP contribution in [0.4, 0.5) is 0 Å². The number of ether oxygens (including phenoxy) is 1. The molecule has 0 radical (unpaired) electrons. The van der Waals surface area contributed by atoms with Gasteiger partial charge >= 0.3 is 0 Å². The highest BCUT2D eigenvalue weighted by Crippen LogP contribution is 2.17. The van der Waals surface area contributed by atoms with Gasteiger partial charge in [-0.2, -0.15) is 0 Å². The molecule has 1 aromatic carbocycles. The molecule has 0 atom stereocenters. The highest BCUT2D eigenvalue weighted by Gasteiger charge is 2.22. The Hall–Kier alpha value is -3.32. The lowest BCUT2D eigenvalue weighted by Gasteiger charge is -2.34. The van der Waals surface area contributed by atoms with Crippen molar-refractivity contribution in [3.05, 3.63) is 72.3 Å². The molecule has 29 heavy (non-hydrogen) atoms. The van der Waals surface area contributed by atoms with Crippen molar-refractivity contribution in [1.82, 2.24) is 24.8 Å². The fourth-order valence-electron chi connectivity index (χ4n) is 3.40. The molecular weight excluding hydrogens is 366 g/mol. The van der Waals surface area contributed by atoms with Gasteiger partial charge in [-0.05, 0) is 29.8 Å². The van der Waals surface area contributed by atoms with E-state index in [1.165, 1.54) is 5.56 Å². The fraction of sp³-hybridized carbons (Fsp3) is 0.273. The van der Waals surface area contributed by atoms with E-state index in [9.17, 15) is 4.79 Å². The first-order valence-electron chi connectivity index (χ1n) is 9.60. The lowest BCUT2D eigenvalue weighted by atomic mass is 10.1. The number of piperazine rings is 1. The maximum Gasteiger partial charge on any atom is 0.257 e. The van der Waals surface area contributed by atoms with Gasteiger partial charge in [-0.3, -0.25) is 14.7 Å². The van der Waals surface area contributed by atoms with Crippen molar-refractivity contribution in [2.45, 2.75) is 6.54 Å². The third-order valence-electron chi connectivity index (χ3n) is 5.02. The van der Waals surface area contributed by atoms with Crippen molar-refractivity contribution in [3.63, 3.8) is 0 Å². The monoisotopic (exact) mass is 389 g/mol. The van der Waals surface area contributed by atoms with E-state index in [4.69, 9.17) is 4.74 Å². The summed E-state index contributed by atoms with van der Waals surface area (Å²) in [6.45, 7) is 3.89. The van der Waals surface area contributed by atoms with Gasteiger partial charge in [0.1, 0.15) is 5.75 Å². The molecule has 3 aromatic rings. The van der Waals surface area contributed by atoms with Crippen LogP contribution in [-0.2, 0) is 6.54 Å². The van der Waals surface area contributed by atoms with Crippen LogP contribution < -0.4 is 4.74 Å². The minimum atomic E-state index is -0.0243.